The summed E-state index contributed by atoms with van der Waals surface area (Å²) in [7, 11) is 2.10. The van der Waals surface area contributed by atoms with Gasteiger partial charge in [0.1, 0.15) is 18.6 Å². The van der Waals surface area contributed by atoms with Gasteiger partial charge in [0.05, 0.1) is 6.61 Å². The van der Waals surface area contributed by atoms with Crippen molar-refractivity contribution in [3.8, 4) is 0 Å². The van der Waals surface area contributed by atoms with Crippen molar-refractivity contribution in [3.63, 3.8) is 0 Å². The summed E-state index contributed by atoms with van der Waals surface area (Å²) in [5.74, 6) is 0.765. The second-order valence-corrected chi connectivity index (χ2v) is 8.03. The van der Waals surface area contributed by atoms with E-state index in [1.165, 1.54) is 12.0 Å². The monoisotopic (exact) mass is 470 g/mol. The molecule has 1 saturated heterocycles. The van der Waals surface area contributed by atoms with Crippen molar-refractivity contribution in [2.45, 2.75) is 59.6 Å². The Morgan fingerprint density at radius 1 is 1.24 bits per heavy atom. The van der Waals surface area contributed by atoms with E-state index < -0.39 is 0 Å². The molecule has 0 spiro atoms. The Balaban J connectivity index is 0.00000281. The van der Waals surface area contributed by atoms with Crippen LogP contribution < -0.4 is 10.6 Å². The third kappa shape index (κ3) is 9.49. The molecule has 1 unspecified atom stereocenters. The summed E-state index contributed by atoms with van der Waals surface area (Å²) in [4.78, 5) is 2.23. The van der Waals surface area contributed by atoms with Crippen LogP contribution in [0.25, 0.3) is 5.57 Å². The molecule has 1 atom stereocenters. The second-order valence-electron chi connectivity index (χ2n) is 8.03. The summed E-state index contributed by atoms with van der Waals surface area (Å²) in [5, 5.41) is 0. The van der Waals surface area contributed by atoms with E-state index in [4.69, 9.17) is 19.9 Å². The Labute approximate surface area is 208 Å². The quantitative estimate of drug-likeness (QED) is 0.205. The molecule has 5 heteroatoms. The average molecular weight is 471 g/mol. The number of ether oxygens (including phenoxy) is 3. The lowest BCUT2D eigenvalue weighted by Crippen LogP contribution is -2.37. The minimum Gasteiger partial charge on any atom is -0.492 e. The normalized spacial score (nSPS) is 16.4. The number of hydrogen-bond acceptors (Lipinski definition) is 5. The van der Waals surface area contributed by atoms with E-state index in [-0.39, 0.29) is 6.23 Å². The van der Waals surface area contributed by atoms with Gasteiger partial charge in [0.15, 0.2) is 0 Å². The standard InChI is InChI=1S/C27H40N2O3.C2H6/c1-6-23(20-24(7-2)31-18-17-30-15-10-14-28)22(4)25-19-21(3)12-13-26(25)29(5)27-11-8-9-16-32-27;1-2/h6-7,12-13,19-20,27H,1,4,8-11,14-18,28H2,2-3,5H3;1-2H3/b23-20+,24-7+;. The number of nitrogens with two attached hydrogens (primary N) is 1. The highest BCUT2D eigenvalue weighted by molar-refractivity contribution is 5.87. The van der Waals surface area contributed by atoms with Crippen molar-refractivity contribution in [1.29, 1.82) is 0 Å². The molecule has 1 aromatic rings. The van der Waals surface area contributed by atoms with Gasteiger partial charge in [0, 0.05) is 31.5 Å². The van der Waals surface area contributed by atoms with Gasteiger partial charge in [-0.2, -0.15) is 0 Å². The molecule has 0 aliphatic carbocycles. The summed E-state index contributed by atoms with van der Waals surface area (Å²) in [6.45, 7) is 19.6. The number of benzene rings is 1. The van der Waals surface area contributed by atoms with E-state index in [0.717, 1.165) is 54.0 Å². The molecule has 2 N–H and O–H groups in total. The van der Waals surface area contributed by atoms with Crippen LogP contribution in [0.5, 0.6) is 0 Å². The van der Waals surface area contributed by atoms with Crippen LogP contribution in [0.15, 0.2) is 60.9 Å². The summed E-state index contributed by atoms with van der Waals surface area (Å²) in [5.41, 5.74) is 10.7. The lowest BCUT2D eigenvalue weighted by molar-refractivity contribution is 0.0174. The van der Waals surface area contributed by atoms with Gasteiger partial charge < -0.3 is 24.8 Å². The molecular weight excluding hydrogens is 424 g/mol. The molecular formula is C29H46N2O3. The first kappa shape index (κ1) is 29.7. The Bertz CT molecular complexity index is 808. The summed E-state index contributed by atoms with van der Waals surface area (Å²) >= 11 is 0. The Kier molecular flexibility index (Phi) is 15.0. The fourth-order valence-electron chi connectivity index (χ4n) is 3.68. The summed E-state index contributed by atoms with van der Waals surface area (Å²) < 4.78 is 17.4. The maximum Gasteiger partial charge on any atom is 0.129 e. The number of nitrogens with zero attached hydrogens (tertiary/aromatic N) is 1. The second kappa shape index (κ2) is 17.1. The van der Waals surface area contributed by atoms with E-state index in [9.17, 15) is 0 Å². The lowest BCUT2D eigenvalue weighted by atomic mass is 9.95. The predicted octanol–water partition coefficient (Wildman–Crippen LogP) is 6.40. The average Bonchev–Trinajstić information content (AvgIpc) is 2.88. The fourth-order valence-corrected chi connectivity index (χ4v) is 3.68. The smallest absolute Gasteiger partial charge is 0.129 e. The molecule has 1 aliphatic rings. The van der Waals surface area contributed by atoms with Gasteiger partial charge in [0.2, 0.25) is 0 Å². The van der Waals surface area contributed by atoms with Crippen molar-refractivity contribution in [2.75, 3.05) is 44.9 Å². The molecule has 0 amide bonds. The van der Waals surface area contributed by atoms with Gasteiger partial charge in [-0.1, -0.05) is 44.7 Å². The third-order valence-electron chi connectivity index (χ3n) is 5.58. The highest BCUT2D eigenvalue weighted by atomic mass is 16.5. The zero-order chi connectivity index (χ0) is 25.3. The van der Waals surface area contributed by atoms with Crippen molar-refractivity contribution < 1.29 is 14.2 Å². The van der Waals surface area contributed by atoms with Crippen LogP contribution in [0, 0.1) is 6.92 Å². The topological polar surface area (TPSA) is 57.0 Å². The predicted molar refractivity (Wildman–Crippen MR) is 146 cm³/mol. The fraction of sp³-hybridized carbons (Fsp3) is 0.517. The maximum atomic E-state index is 6.02. The minimum atomic E-state index is 0.0860. The van der Waals surface area contributed by atoms with E-state index in [1.54, 1.807) is 0 Å². The molecule has 1 heterocycles. The van der Waals surface area contributed by atoms with Gasteiger partial charge in [-0.25, -0.2) is 0 Å². The molecule has 5 nitrogen and oxygen atoms in total. The van der Waals surface area contributed by atoms with Crippen LogP contribution in [0.3, 0.4) is 0 Å². The Morgan fingerprint density at radius 3 is 2.62 bits per heavy atom. The zero-order valence-electron chi connectivity index (χ0n) is 22.1. The van der Waals surface area contributed by atoms with Crippen LogP contribution in [-0.4, -0.2) is 46.2 Å². The summed E-state index contributed by atoms with van der Waals surface area (Å²) in [6, 6.07) is 6.46. The first-order valence-electron chi connectivity index (χ1n) is 12.6. The molecule has 0 aromatic heterocycles. The molecule has 0 radical (unpaired) electrons. The Morgan fingerprint density at radius 2 is 2.00 bits per heavy atom. The van der Waals surface area contributed by atoms with Crippen molar-refractivity contribution in [2.24, 2.45) is 5.73 Å². The molecule has 2 rings (SSSR count). The molecule has 0 bridgehead atoms. The zero-order valence-corrected chi connectivity index (χ0v) is 22.1. The van der Waals surface area contributed by atoms with Gasteiger partial charge in [-0.05, 0) is 81.5 Å². The molecule has 1 fully saturated rings. The van der Waals surface area contributed by atoms with Gasteiger partial charge >= 0.3 is 0 Å². The van der Waals surface area contributed by atoms with Crippen LogP contribution >= 0.6 is 0 Å². The van der Waals surface area contributed by atoms with E-state index in [2.05, 4.69) is 50.2 Å². The lowest BCUT2D eigenvalue weighted by Gasteiger charge is -2.34. The number of aryl methyl sites for hydroxylation is 1. The largest absolute Gasteiger partial charge is 0.492 e. The number of rotatable bonds is 13. The highest BCUT2D eigenvalue weighted by Crippen LogP contribution is 2.34. The molecule has 34 heavy (non-hydrogen) atoms. The van der Waals surface area contributed by atoms with Crippen molar-refractivity contribution in [3.05, 3.63) is 72.0 Å². The highest BCUT2D eigenvalue weighted by Gasteiger charge is 2.22. The number of allylic oxidation sites excluding steroid dienone is 5. The molecule has 190 valence electrons. The van der Waals surface area contributed by atoms with Crippen LogP contribution in [0.2, 0.25) is 0 Å². The number of anilines is 1. The molecule has 0 saturated carbocycles. The van der Waals surface area contributed by atoms with Crippen LogP contribution in [-0.2, 0) is 14.2 Å². The van der Waals surface area contributed by atoms with Crippen LogP contribution in [0.1, 0.15) is 57.6 Å². The summed E-state index contributed by atoms with van der Waals surface area (Å²) in [6.07, 6.45) is 10.0. The van der Waals surface area contributed by atoms with Crippen molar-refractivity contribution in [1.82, 2.24) is 0 Å². The first-order chi connectivity index (χ1) is 16.5. The maximum absolute atomic E-state index is 6.02. The van der Waals surface area contributed by atoms with E-state index in [1.807, 2.05) is 39.0 Å². The minimum absolute atomic E-state index is 0.0860. The van der Waals surface area contributed by atoms with Gasteiger partial charge in [-0.15, -0.1) is 0 Å². The molecule has 1 aromatic carbocycles. The van der Waals surface area contributed by atoms with Crippen LogP contribution in [0.4, 0.5) is 5.69 Å². The van der Waals surface area contributed by atoms with Crippen molar-refractivity contribution >= 4 is 11.3 Å². The molecule has 1 aliphatic heterocycles. The Hall–Kier alpha value is -2.34. The van der Waals surface area contributed by atoms with E-state index >= 15 is 0 Å². The van der Waals surface area contributed by atoms with Gasteiger partial charge in [0.25, 0.3) is 0 Å². The van der Waals surface area contributed by atoms with Gasteiger partial charge in [-0.3, -0.25) is 0 Å². The number of hydrogen-bond donors (Lipinski definition) is 1. The van der Waals surface area contributed by atoms with E-state index in [0.29, 0.717) is 26.4 Å². The first-order valence-corrected chi connectivity index (χ1v) is 12.6. The third-order valence-corrected chi connectivity index (χ3v) is 5.58. The SMILES string of the molecule is C=C/C(=C\C(=C/C)OCCOCCCN)C(=C)c1cc(C)ccc1N(C)C1CCCCO1.CC.